The van der Waals surface area contributed by atoms with Crippen molar-refractivity contribution >= 4 is 11.6 Å². The van der Waals surface area contributed by atoms with E-state index in [9.17, 15) is 9.90 Å². The van der Waals surface area contributed by atoms with Crippen molar-refractivity contribution in [2.75, 3.05) is 5.32 Å². The van der Waals surface area contributed by atoms with E-state index >= 15 is 0 Å². The molecule has 4 nitrogen and oxygen atoms in total. The van der Waals surface area contributed by atoms with Gasteiger partial charge in [-0.05, 0) is 18.2 Å². The molecule has 1 aromatic carbocycles. The van der Waals surface area contributed by atoms with Gasteiger partial charge in [0, 0.05) is 6.92 Å². The topological polar surface area (TPSA) is 73.1 Å². The van der Waals surface area contributed by atoms with Crippen molar-refractivity contribution in [2.24, 2.45) is 0 Å². The fourth-order valence-electron chi connectivity index (χ4n) is 0.897. The standard InChI is InChI=1S/C9H8N2O2/c1-6(12)11-8-3-2-7(5-10)4-9(8)13/h2-4,13H,1H3,(H,11,12). The summed E-state index contributed by atoms with van der Waals surface area (Å²) in [5, 5.41) is 20.2. The maximum Gasteiger partial charge on any atom is 0.221 e. The van der Waals surface area contributed by atoms with Crippen LogP contribution in [0.15, 0.2) is 18.2 Å². The molecule has 0 fully saturated rings. The molecular weight excluding hydrogens is 168 g/mol. The van der Waals surface area contributed by atoms with Gasteiger partial charge in [-0.3, -0.25) is 4.79 Å². The summed E-state index contributed by atoms with van der Waals surface area (Å²) < 4.78 is 0. The second-order valence-electron chi connectivity index (χ2n) is 2.52. The third kappa shape index (κ3) is 2.20. The smallest absolute Gasteiger partial charge is 0.221 e. The first kappa shape index (κ1) is 9.07. The van der Waals surface area contributed by atoms with Crippen LogP contribution in [0.3, 0.4) is 0 Å². The number of nitrogens with one attached hydrogen (secondary N) is 1. The largest absolute Gasteiger partial charge is 0.506 e. The molecule has 1 aromatic rings. The van der Waals surface area contributed by atoms with Gasteiger partial charge in [-0.2, -0.15) is 5.26 Å². The van der Waals surface area contributed by atoms with E-state index in [1.54, 1.807) is 0 Å². The SMILES string of the molecule is CC(=O)Nc1ccc(C#N)cc1O. The highest BCUT2D eigenvalue weighted by atomic mass is 16.3. The lowest BCUT2D eigenvalue weighted by Crippen LogP contribution is -2.05. The van der Waals surface area contributed by atoms with Crippen molar-refractivity contribution < 1.29 is 9.90 Å². The maximum absolute atomic E-state index is 10.6. The summed E-state index contributed by atoms with van der Waals surface area (Å²) in [4.78, 5) is 10.6. The molecule has 1 rings (SSSR count). The van der Waals surface area contributed by atoms with Gasteiger partial charge in [-0.15, -0.1) is 0 Å². The molecule has 0 saturated heterocycles. The number of rotatable bonds is 1. The monoisotopic (exact) mass is 176 g/mol. The third-order valence-electron chi connectivity index (χ3n) is 1.44. The molecule has 0 radical (unpaired) electrons. The van der Waals surface area contributed by atoms with Crippen molar-refractivity contribution in [1.82, 2.24) is 0 Å². The summed E-state index contributed by atoms with van der Waals surface area (Å²) in [7, 11) is 0. The van der Waals surface area contributed by atoms with Crippen LogP contribution in [0.5, 0.6) is 5.75 Å². The predicted molar refractivity (Wildman–Crippen MR) is 47.1 cm³/mol. The Morgan fingerprint density at radius 2 is 2.31 bits per heavy atom. The number of anilines is 1. The van der Waals surface area contributed by atoms with Crippen LogP contribution in [0.2, 0.25) is 0 Å². The first-order chi connectivity index (χ1) is 6.13. The number of nitriles is 1. The Morgan fingerprint density at radius 3 is 2.77 bits per heavy atom. The van der Waals surface area contributed by atoms with Gasteiger partial charge in [-0.1, -0.05) is 0 Å². The molecule has 0 unspecified atom stereocenters. The Hall–Kier alpha value is -2.02. The summed E-state index contributed by atoms with van der Waals surface area (Å²) in [5.74, 6) is -0.366. The van der Waals surface area contributed by atoms with Gasteiger partial charge >= 0.3 is 0 Å². The van der Waals surface area contributed by atoms with Crippen LogP contribution in [0.4, 0.5) is 5.69 Å². The highest BCUT2D eigenvalue weighted by Gasteiger charge is 2.02. The van der Waals surface area contributed by atoms with Gasteiger partial charge < -0.3 is 10.4 Å². The number of benzene rings is 1. The number of carbonyl (C=O) groups is 1. The van der Waals surface area contributed by atoms with E-state index in [1.807, 2.05) is 6.07 Å². The number of hydrogen-bond acceptors (Lipinski definition) is 3. The predicted octanol–water partition coefficient (Wildman–Crippen LogP) is 1.22. The van der Waals surface area contributed by atoms with Crippen LogP contribution in [0.1, 0.15) is 12.5 Å². The Balaban J connectivity index is 3.00. The van der Waals surface area contributed by atoms with E-state index < -0.39 is 0 Å². The normalized spacial score (nSPS) is 8.92. The maximum atomic E-state index is 10.6. The van der Waals surface area contributed by atoms with Gasteiger partial charge in [0.2, 0.25) is 5.91 Å². The van der Waals surface area contributed by atoms with Crippen molar-refractivity contribution in [2.45, 2.75) is 6.92 Å². The van der Waals surface area contributed by atoms with Gasteiger partial charge in [0.1, 0.15) is 5.75 Å². The number of amides is 1. The van der Waals surface area contributed by atoms with Crippen LogP contribution < -0.4 is 5.32 Å². The minimum atomic E-state index is -0.264. The average Bonchev–Trinajstić information content (AvgIpc) is 2.08. The Bertz CT molecular complexity index is 380. The number of phenols is 1. The molecule has 66 valence electrons. The van der Waals surface area contributed by atoms with Gasteiger partial charge in [0.15, 0.2) is 0 Å². The minimum absolute atomic E-state index is 0.103. The quantitative estimate of drug-likeness (QED) is 0.632. The van der Waals surface area contributed by atoms with E-state index in [0.717, 1.165) is 0 Å². The van der Waals surface area contributed by atoms with Crippen molar-refractivity contribution in [3.8, 4) is 11.8 Å². The van der Waals surface area contributed by atoms with E-state index in [4.69, 9.17) is 5.26 Å². The number of nitrogens with zero attached hydrogens (tertiary/aromatic N) is 1. The summed E-state index contributed by atoms with van der Waals surface area (Å²) in [6, 6.07) is 6.17. The minimum Gasteiger partial charge on any atom is -0.506 e. The van der Waals surface area contributed by atoms with Crippen LogP contribution in [0, 0.1) is 11.3 Å². The molecule has 0 aliphatic carbocycles. The molecule has 2 N–H and O–H groups in total. The van der Waals surface area contributed by atoms with E-state index in [1.165, 1.54) is 25.1 Å². The summed E-state index contributed by atoms with van der Waals surface area (Å²) >= 11 is 0. The molecule has 13 heavy (non-hydrogen) atoms. The number of phenolic OH excluding ortho intramolecular Hbond substituents is 1. The number of hydrogen-bond donors (Lipinski definition) is 2. The Labute approximate surface area is 75.4 Å². The van der Waals surface area contributed by atoms with Gasteiger partial charge in [-0.25, -0.2) is 0 Å². The first-order valence-electron chi connectivity index (χ1n) is 3.64. The number of aromatic hydroxyl groups is 1. The zero-order valence-corrected chi connectivity index (χ0v) is 7.03. The number of carbonyl (C=O) groups excluding carboxylic acids is 1. The third-order valence-corrected chi connectivity index (χ3v) is 1.44. The van der Waals surface area contributed by atoms with Crippen LogP contribution in [-0.2, 0) is 4.79 Å². The Morgan fingerprint density at radius 1 is 1.62 bits per heavy atom. The van der Waals surface area contributed by atoms with Crippen molar-refractivity contribution in [3.05, 3.63) is 23.8 Å². The molecule has 0 atom stereocenters. The molecule has 0 heterocycles. The van der Waals surface area contributed by atoms with Crippen LogP contribution in [0.25, 0.3) is 0 Å². The summed E-state index contributed by atoms with van der Waals surface area (Å²) in [6.07, 6.45) is 0. The van der Waals surface area contributed by atoms with Crippen molar-refractivity contribution in [1.29, 1.82) is 5.26 Å². The zero-order chi connectivity index (χ0) is 9.84. The van der Waals surface area contributed by atoms with E-state index in [-0.39, 0.29) is 11.7 Å². The highest BCUT2D eigenvalue weighted by molar-refractivity contribution is 5.90. The summed E-state index contributed by atoms with van der Waals surface area (Å²) in [6.45, 7) is 1.34. The second-order valence-corrected chi connectivity index (χ2v) is 2.52. The fraction of sp³-hybridized carbons (Fsp3) is 0.111. The lowest BCUT2D eigenvalue weighted by Gasteiger charge is -2.03. The molecule has 0 spiro atoms. The van der Waals surface area contributed by atoms with Crippen LogP contribution >= 0.6 is 0 Å². The highest BCUT2D eigenvalue weighted by Crippen LogP contribution is 2.23. The molecule has 0 aliphatic heterocycles. The molecule has 0 aromatic heterocycles. The van der Waals surface area contributed by atoms with Gasteiger partial charge in [0.25, 0.3) is 0 Å². The average molecular weight is 176 g/mol. The zero-order valence-electron chi connectivity index (χ0n) is 7.03. The Kier molecular flexibility index (Phi) is 2.50. The molecule has 0 aliphatic rings. The van der Waals surface area contributed by atoms with E-state index in [0.29, 0.717) is 11.3 Å². The molecule has 0 saturated carbocycles. The van der Waals surface area contributed by atoms with Gasteiger partial charge in [0.05, 0.1) is 17.3 Å². The molecule has 0 bridgehead atoms. The lowest BCUT2D eigenvalue weighted by molar-refractivity contribution is -0.114. The fourth-order valence-corrected chi connectivity index (χ4v) is 0.897. The van der Waals surface area contributed by atoms with Crippen molar-refractivity contribution in [3.63, 3.8) is 0 Å². The van der Waals surface area contributed by atoms with Crippen LogP contribution in [-0.4, -0.2) is 11.0 Å². The van der Waals surface area contributed by atoms with E-state index in [2.05, 4.69) is 5.32 Å². The molecule has 4 heteroatoms. The second kappa shape index (κ2) is 3.59. The molecule has 1 amide bonds. The first-order valence-corrected chi connectivity index (χ1v) is 3.64. The molecular formula is C9H8N2O2. The lowest BCUT2D eigenvalue weighted by atomic mass is 10.2. The summed E-state index contributed by atoms with van der Waals surface area (Å²) in [5.41, 5.74) is 0.665.